The summed E-state index contributed by atoms with van der Waals surface area (Å²) in [6.07, 6.45) is -4.84. The van der Waals surface area contributed by atoms with Crippen LogP contribution in [0.1, 0.15) is 12.5 Å². The van der Waals surface area contributed by atoms with Crippen LogP contribution in [0.25, 0.3) is 0 Å². The Hall–Kier alpha value is -2.32. The van der Waals surface area contributed by atoms with E-state index in [0.29, 0.717) is 6.07 Å². The van der Waals surface area contributed by atoms with Crippen LogP contribution >= 0.6 is 0 Å². The third-order valence-electron chi connectivity index (χ3n) is 2.13. The predicted molar refractivity (Wildman–Crippen MR) is 60.2 cm³/mol. The smallest absolute Gasteiger partial charge is 0.420 e. The number of nitro groups is 1. The van der Waals surface area contributed by atoms with E-state index >= 15 is 0 Å². The van der Waals surface area contributed by atoms with E-state index in [0.717, 1.165) is 12.1 Å². The molecule has 110 valence electrons. The van der Waals surface area contributed by atoms with Gasteiger partial charge in [-0.1, -0.05) is 0 Å². The second-order valence-electron chi connectivity index (χ2n) is 3.53. The zero-order chi connectivity index (χ0) is 15.3. The van der Waals surface area contributed by atoms with Gasteiger partial charge in [-0.05, 0) is 13.0 Å². The van der Waals surface area contributed by atoms with Crippen molar-refractivity contribution < 1.29 is 32.4 Å². The fraction of sp³-hybridized carbons (Fsp3) is 0.364. The number of hydrogen-bond acceptors (Lipinski definition) is 5. The molecule has 0 aromatic heterocycles. The van der Waals surface area contributed by atoms with Crippen LogP contribution in [0.2, 0.25) is 0 Å². The molecule has 9 heteroatoms. The number of carbonyl (C=O) groups is 1. The third kappa shape index (κ3) is 4.11. The largest absolute Gasteiger partial charge is 0.481 e. The molecule has 0 amide bonds. The van der Waals surface area contributed by atoms with Crippen molar-refractivity contribution in [1.82, 2.24) is 0 Å². The molecule has 0 saturated carbocycles. The summed E-state index contributed by atoms with van der Waals surface area (Å²) >= 11 is 0. The van der Waals surface area contributed by atoms with Gasteiger partial charge in [0.05, 0.1) is 11.5 Å². The molecule has 0 bridgehead atoms. The van der Waals surface area contributed by atoms with Crippen molar-refractivity contribution in [2.24, 2.45) is 0 Å². The summed E-state index contributed by atoms with van der Waals surface area (Å²) < 4.78 is 47.4. The summed E-state index contributed by atoms with van der Waals surface area (Å²) in [6.45, 7) is 0.883. The highest BCUT2D eigenvalue weighted by Crippen LogP contribution is 2.38. The molecule has 6 nitrogen and oxygen atoms in total. The lowest BCUT2D eigenvalue weighted by Crippen LogP contribution is -2.17. The van der Waals surface area contributed by atoms with Crippen LogP contribution in [0.4, 0.5) is 18.9 Å². The molecule has 0 fully saturated rings. The van der Waals surface area contributed by atoms with E-state index in [1.807, 2.05) is 0 Å². The van der Waals surface area contributed by atoms with Crippen molar-refractivity contribution in [3.05, 3.63) is 33.9 Å². The summed E-state index contributed by atoms with van der Waals surface area (Å²) in [6, 6.07) is 2.00. The molecule has 0 heterocycles. The zero-order valence-electron chi connectivity index (χ0n) is 10.3. The number of nitrogens with zero attached hydrogens (tertiary/aromatic N) is 1. The van der Waals surface area contributed by atoms with Crippen molar-refractivity contribution >= 4 is 11.7 Å². The van der Waals surface area contributed by atoms with E-state index in [4.69, 9.17) is 4.74 Å². The fourth-order valence-electron chi connectivity index (χ4n) is 1.32. The van der Waals surface area contributed by atoms with E-state index < -0.39 is 40.7 Å². The van der Waals surface area contributed by atoms with Gasteiger partial charge in [0, 0.05) is 12.1 Å². The molecule has 0 spiro atoms. The quantitative estimate of drug-likeness (QED) is 0.473. The van der Waals surface area contributed by atoms with E-state index in [1.54, 1.807) is 0 Å². The molecular weight excluding hydrogens is 283 g/mol. The van der Waals surface area contributed by atoms with Crippen molar-refractivity contribution in [3.8, 4) is 5.75 Å². The third-order valence-corrected chi connectivity index (χ3v) is 2.13. The van der Waals surface area contributed by atoms with Crippen LogP contribution in [-0.2, 0) is 15.7 Å². The molecule has 0 N–H and O–H groups in total. The van der Waals surface area contributed by atoms with Gasteiger partial charge in [0.2, 0.25) is 0 Å². The molecule has 0 unspecified atom stereocenters. The fourth-order valence-corrected chi connectivity index (χ4v) is 1.32. The maximum atomic E-state index is 12.7. The Labute approximate surface area is 111 Å². The Kier molecular flexibility index (Phi) is 4.89. The van der Waals surface area contributed by atoms with E-state index in [2.05, 4.69) is 4.74 Å². The normalized spacial score (nSPS) is 11.0. The minimum atomic E-state index is -4.84. The predicted octanol–water partition coefficient (Wildman–Crippen LogP) is 2.56. The van der Waals surface area contributed by atoms with Crippen LogP contribution < -0.4 is 4.74 Å². The SMILES string of the molecule is CCOC(=O)COc1ccc([N+](=O)[O-])cc1C(F)(F)F. The standard InChI is InChI=1S/C11H10F3NO5/c1-2-19-10(16)6-20-9-4-3-7(15(17)18)5-8(9)11(12,13)14/h3-5H,2,6H2,1H3. The van der Waals surface area contributed by atoms with Crippen molar-refractivity contribution in [2.45, 2.75) is 13.1 Å². The lowest BCUT2D eigenvalue weighted by Gasteiger charge is -2.13. The number of non-ortho nitro benzene ring substituents is 1. The van der Waals surface area contributed by atoms with Crippen molar-refractivity contribution in [1.29, 1.82) is 0 Å². The van der Waals surface area contributed by atoms with E-state index in [9.17, 15) is 28.1 Å². The van der Waals surface area contributed by atoms with Gasteiger partial charge in [-0.3, -0.25) is 10.1 Å². The maximum absolute atomic E-state index is 12.7. The van der Waals surface area contributed by atoms with Crippen LogP contribution in [0, 0.1) is 10.1 Å². The number of benzene rings is 1. The number of rotatable bonds is 5. The Morgan fingerprint density at radius 3 is 2.55 bits per heavy atom. The molecular formula is C11H10F3NO5. The first-order valence-corrected chi connectivity index (χ1v) is 5.39. The minimum absolute atomic E-state index is 0.0641. The highest BCUT2D eigenvalue weighted by molar-refractivity contribution is 5.71. The van der Waals surface area contributed by atoms with Gasteiger partial charge in [0.25, 0.3) is 5.69 Å². The summed E-state index contributed by atoms with van der Waals surface area (Å²) in [5.74, 6) is -1.50. The highest BCUT2D eigenvalue weighted by atomic mass is 19.4. The van der Waals surface area contributed by atoms with Crippen LogP contribution in [0.3, 0.4) is 0 Å². The molecule has 0 radical (unpaired) electrons. The van der Waals surface area contributed by atoms with Gasteiger partial charge in [0.15, 0.2) is 6.61 Å². The van der Waals surface area contributed by atoms with Gasteiger partial charge >= 0.3 is 12.1 Å². The van der Waals surface area contributed by atoms with Crippen LogP contribution in [0.15, 0.2) is 18.2 Å². The molecule has 0 atom stereocenters. The lowest BCUT2D eigenvalue weighted by atomic mass is 10.1. The molecule has 0 aliphatic heterocycles. The summed E-state index contributed by atoms with van der Waals surface area (Å²) in [7, 11) is 0. The average Bonchev–Trinajstić information content (AvgIpc) is 2.35. The number of esters is 1. The summed E-state index contributed by atoms with van der Waals surface area (Å²) in [5.41, 5.74) is -2.04. The molecule has 0 aliphatic carbocycles. The van der Waals surface area contributed by atoms with Gasteiger partial charge in [-0.2, -0.15) is 13.2 Å². The van der Waals surface area contributed by atoms with Gasteiger partial charge in [-0.15, -0.1) is 0 Å². The van der Waals surface area contributed by atoms with Crippen molar-refractivity contribution in [3.63, 3.8) is 0 Å². The first-order valence-electron chi connectivity index (χ1n) is 5.39. The monoisotopic (exact) mass is 293 g/mol. The second kappa shape index (κ2) is 6.22. The topological polar surface area (TPSA) is 78.7 Å². The molecule has 0 aliphatic rings. The Morgan fingerprint density at radius 1 is 1.40 bits per heavy atom. The first kappa shape index (κ1) is 15.7. The average molecular weight is 293 g/mol. The first-order chi connectivity index (χ1) is 9.25. The Balaban J connectivity index is 3.01. The molecule has 20 heavy (non-hydrogen) atoms. The molecule has 1 aromatic rings. The Bertz CT molecular complexity index is 515. The molecule has 0 saturated heterocycles. The van der Waals surface area contributed by atoms with Crippen LogP contribution in [-0.4, -0.2) is 24.1 Å². The van der Waals surface area contributed by atoms with Gasteiger partial charge < -0.3 is 9.47 Å². The molecule has 1 aromatic carbocycles. The number of ether oxygens (including phenoxy) is 2. The lowest BCUT2D eigenvalue weighted by molar-refractivity contribution is -0.385. The molecule has 1 rings (SSSR count). The van der Waals surface area contributed by atoms with Crippen molar-refractivity contribution in [2.75, 3.05) is 13.2 Å². The number of hydrogen-bond donors (Lipinski definition) is 0. The number of halogens is 3. The van der Waals surface area contributed by atoms with E-state index in [-0.39, 0.29) is 6.61 Å². The van der Waals surface area contributed by atoms with Gasteiger partial charge in [-0.25, -0.2) is 4.79 Å². The number of carbonyl (C=O) groups excluding carboxylic acids is 1. The second-order valence-corrected chi connectivity index (χ2v) is 3.53. The van der Waals surface area contributed by atoms with Gasteiger partial charge in [0.1, 0.15) is 11.3 Å². The summed E-state index contributed by atoms with van der Waals surface area (Å²) in [4.78, 5) is 20.5. The van der Waals surface area contributed by atoms with E-state index in [1.165, 1.54) is 6.92 Å². The van der Waals surface area contributed by atoms with Crippen LogP contribution in [0.5, 0.6) is 5.75 Å². The zero-order valence-corrected chi connectivity index (χ0v) is 10.3. The Morgan fingerprint density at radius 2 is 2.05 bits per heavy atom. The maximum Gasteiger partial charge on any atom is 0.420 e. The highest BCUT2D eigenvalue weighted by Gasteiger charge is 2.36. The number of nitro benzene ring substituents is 1. The minimum Gasteiger partial charge on any atom is -0.481 e. The summed E-state index contributed by atoms with van der Waals surface area (Å²) in [5, 5.41) is 10.5. The number of alkyl halides is 3.